The summed E-state index contributed by atoms with van der Waals surface area (Å²) in [7, 11) is 3.52. The molecule has 4 atom stereocenters. The SMILES string of the molecule is CCC(C)(C)C1=PC2(C(C)(C)CC)P=C(C(C)(C)CC)P1[C@H]1[C@@H]3CC[C@@H](C3)[C@H]12. The minimum atomic E-state index is -0.0486. The standard InChI is InChI=1S/C25H43P3/c1-10-22(4,5)20-26-25(24(8,9)12-3)18-16-13-14-17(15-16)19(18)28(20)21(27-25)23(6,7)11-2/h16-19H,10-15H2,1-9H3/t16-,17+,18+,19-,25?,28?/m0/s1. The van der Waals surface area contributed by atoms with E-state index in [1.807, 2.05) is 10.1 Å². The highest BCUT2D eigenvalue weighted by molar-refractivity contribution is 8.06. The highest BCUT2D eigenvalue weighted by atomic mass is 31.2. The first-order valence-electron chi connectivity index (χ1n) is 12.0. The molecule has 0 unspecified atom stereocenters. The summed E-state index contributed by atoms with van der Waals surface area (Å²) in [5.41, 5.74) is 2.26. The predicted octanol–water partition coefficient (Wildman–Crippen LogP) is 9.07. The van der Waals surface area contributed by atoms with Gasteiger partial charge in [0.05, 0.1) is 4.90 Å². The monoisotopic (exact) mass is 436 g/mol. The second kappa shape index (κ2) is 6.88. The maximum absolute atomic E-state index is 2.64. The first kappa shape index (κ1) is 22.0. The Bertz CT molecular complexity index is 677. The first-order chi connectivity index (χ1) is 13.0. The van der Waals surface area contributed by atoms with Gasteiger partial charge in [-0.2, -0.15) is 0 Å². The van der Waals surface area contributed by atoms with Crippen LogP contribution in [0, 0.1) is 34.0 Å². The van der Waals surface area contributed by atoms with E-state index in [0.29, 0.717) is 21.1 Å². The highest BCUT2D eigenvalue weighted by Crippen LogP contribution is 2.83. The van der Waals surface area contributed by atoms with Gasteiger partial charge in [0.15, 0.2) is 0 Å². The molecule has 4 bridgehead atoms. The minimum absolute atomic E-state index is 0.0486. The predicted molar refractivity (Wildman–Crippen MR) is 134 cm³/mol. The van der Waals surface area contributed by atoms with Crippen LogP contribution in [0.5, 0.6) is 0 Å². The van der Waals surface area contributed by atoms with Gasteiger partial charge >= 0.3 is 0 Å². The third-order valence-corrected chi connectivity index (χ3v) is 19.6. The zero-order chi connectivity index (χ0) is 20.7. The van der Waals surface area contributed by atoms with Crippen LogP contribution in [0.1, 0.15) is 101 Å². The summed E-state index contributed by atoms with van der Waals surface area (Å²) in [6, 6.07) is 0. The molecule has 0 nitrogen and oxygen atoms in total. The van der Waals surface area contributed by atoms with E-state index in [1.165, 1.54) is 19.3 Å². The van der Waals surface area contributed by atoms with Crippen molar-refractivity contribution in [3.63, 3.8) is 0 Å². The summed E-state index contributed by atoms with van der Waals surface area (Å²) in [5, 5.41) is 4.02. The van der Waals surface area contributed by atoms with Crippen LogP contribution in [-0.2, 0) is 0 Å². The van der Waals surface area contributed by atoms with Gasteiger partial charge in [0.2, 0.25) is 0 Å². The smallest absolute Gasteiger partial charge is 0.0631 e. The van der Waals surface area contributed by atoms with Crippen molar-refractivity contribution in [2.24, 2.45) is 34.0 Å². The normalized spacial score (nSPS) is 41.0. The summed E-state index contributed by atoms with van der Waals surface area (Å²) in [6.07, 6.45) is 8.59. The largest absolute Gasteiger partial charge is 0.0826 e. The zero-order valence-corrected chi connectivity index (χ0v) is 22.6. The van der Waals surface area contributed by atoms with Crippen LogP contribution in [0.2, 0.25) is 0 Å². The Morgan fingerprint density at radius 1 is 0.821 bits per heavy atom. The molecule has 3 aliphatic heterocycles. The van der Waals surface area contributed by atoms with Gasteiger partial charge < -0.3 is 0 Å². The lowest BCUT2D eigenvalue weighted by molar-refractivity contribution is 0.192. The van der Waals surface area contributed by atoms with Crippen LogP contribution in [0.3, 0.4) is 0 Å². The second-order valence-electron chi connectivity index (χ2n) is 12.0. The van der Waals surface area contributed by atoms with Crippen LogP contribution in [0.25, 0.3) is 0 Å². The van der Waals surface area contributed by atoms with Crippen LogP contribution in [0.15, 0.2) is 0 Å². The minimum Gasteiger partial charge on any atom is -0.0826 e. The Balaban J connectivity index is 2.01. The van der Waals surface area contributed by atoms with Gasteiger partial charge in [0.25, 0.3) is 0 Å². The van der Waals surface area contributed by atoms with Gasteiger partial charge in [0.1, 0.15) is 0 Å². The molecule has 0 radical (unpaired) electrons. The Hall–Kier alpha value is 0.770. The number of rotatable bonds is 6. The van der Waals surface area contributed by atoms with Crippen molar-refractivity contribution in [1.82, 2.24) is 0 Å². The van der Waals surface area contributed by atoms with Crippen molar-refractivity contribution in [2.75, 3.05) is 0 Å². The van der Waals surface area contributed by atoms with E-state index in [1.54, 1.807) is 35.7 Å². The molecular formula is C25H43P3. The van der Waals surface area contributed by atoms with Gasteiger partial charge in [-0.15, -0.1) is 0 Å². The first-order valence-corrected chi connectivity index (χ1v) is 15.2. The molecule has 0 N–H and O–H groups in total. The lowest BCUT2D eigenvalue weighted by Gasteiger charge is -2.63. The van der Waals surface area contributed by atoms with Crippen LogP contribution >= 0.6 is 24.3 Å². The zero-order valence-electron chi connectivity index (χ0n) is 19.9. The van der Waals surface area contributed by atoms with E-state index in [-0.39, 0.29) is 7.92 Å². The molecule has 0 aromatic carbocycles. The van der Waals surface area contributed by atoms with E-state index >= 15 is 0 Å². The van der Waals surface area contributed by atoms with Gasteiger partial charge in [-0.25, -0.2) is 0 Å². The van der Waals surface area contributed by atoms with E-state index in [0.717, 1.165) is 23.4 Å². The molecule has 5 rings (SSSR count). The molecule has 0 spiro atoms. The average molecular weight is 437 g/mol. The van der Waals surface area contributed by atoms with Gasteiger partial charge in [-0.1, -0.05) is 78.7 Å². The van der Waals surface area contributed by atoms with Gasteiger partial charge in [0, 0.05) is 0 Å². The third-order valence-electron chi connectivity index (χ3n) is 9.50. The van der Waals surface area contributed by atoms with Crippen molar-refractivity contribution in [1.29, 1.82) is 0 Å². The summed E-state index contributed by atoms with van der Waals surface area (Å²) in [5.74, 6) is 3.11. The van der Waals surface area contributed by atoms with Crippen molar-refractivity contribution in [3.8, 4) is 0 Å². The summed E-state index contributed by atoms with van der Waals surface area (Å²) in [6.45, 7) is 23.0. The molecule has 28 heavy (non-hydrogen) atoms. The fraction of sp³-hybridized carbons (Fsp3) is 0.920. The topological polar surface area (TPSA) is 0 Å². The van der Waals surface area contributed by atoms with E-state index in [9.17, 15) is 0 Å². The Kier molecular flexibility index (Phi) is 5.40. The van der Waals surface area contributed by atoms with Crippen LogP contribution < -0.4 is 0 Å². The molecule has 3 heteroatoms. The molecule has 0 aromatic rings. The molecule has 5 aliphatic rings. The molecule has 0 saturated heterocycles. The summed E-state index contributed by atoms with van der Waals surface area (Å²) < 4.78 is 0. The molecule has 2 aliphatic carbocycles. The second-order valence-corrected chi connectivity index (χ2v) is 18.1. The quantitative estimate of drug-likeness (QED) is 0.364. The van der Waals surface area contributed by atoms with E-state index in [4.69, 9.17) is 0 Å². The van der Waals surface area contributed by atoms with Gasteiger partial charge in [-0.3, -0.25) is 0 Å². The number of fused-ring (bicyclic) bond motifs is 2. The molecular weight excluding hydrogens is 393 g/mol. The van der Waals surface area contributed by atoms with Crippen molar-refractivity contribution in [2.45, 2.75) is 111 Å². The lowest BCUT2D eigenvalue weighted by atomic mass is 9.73. The van der Waals surface area contributed by atoms with Crippen molar-refractivity contribution >= 4 is 34.4 Å². The maximum atomic E-state index is 2.64. The lowest BCUT2D eigenvalue weighted by Crippen LogP contribution is -2.56. The van der Waals surface area contributed by atoms with Gasteiger partial charge in [-0.05, 0) is 96.2 Å². The molecule has 2 saturated carbocycles. The van der Waals surface area contributed by atoms with Crippen molar-refractivity contribution < 1.29 is 0 Å². The van der Waals surface area contributed by atoms with Crippen LogP contribution in [0.4, 0.5) is 0 Å². The third kappa shape index (κ3) is 2.79. The van der Waals surface area contributed by atoms with E-state index < -0.39 is 0 Å². The molecule has 3 heterocycles. The Morgan fingerprint density at radius 2 is 1.32 bits per heavy atom. The summed E-state index contributed by atoms with van der Waals surface area (Å²) >= 11 is 0. The number of hydrogen-bond acceptors (Lipinski definition) is 0. The molecule has 158 valence electrons. The molecule has 0 amide bonds. The number of hydrogen-bond donors (Lipinski definition) is 0. The highest BCUT2D eigenvalue weighted by Gasteiger charge is 2.68. The molecule has 2 fully saturated rings. The van der Waals surface area contributed by atoms with Crippen LogP contribution in [-0.4, -0.2) is 20.6 Å². The fourth-order valence-corrected chi connectivity index (χ4v) is 18.8. The average Bonchev–Trinajstić information content (AvgIpc) is 3.31. The summed E-state index contributed by atoms with van der Waals surface area (Å²) in [4.78, 5) is 0.479. The molecule has 0 aromatic heterocycles. The van der Waals surface area contributed by atoms with E-state index in [2.05, 4.69) is 62.3 Å². The fourth-order valence-electron chi connectivity index (χ4n) is 6.47. The Morgan fingerprint density at radius 3 is 1.79 bits per heavy atom. The maximum Gasteiger partial charge on any atom is 0.0631 e. The Labute approximate surface area is 179 Å². The van der Waals surface area contributed by atoms with Crippen molar-refractivity contribution in [3.05, 3.63) is 0 Å².